The van der Waals surface area contributed by atoms with E-state index in [4.69, 9.17) is 4.74 Å². The highest BCUT2D eigenvalue weighted by Crippen LogP contribution is 2.09. The van der Waals surface area contributed by atoms with E-state index in [9.17, 15) is 4.79 Å². The Kier molecular flexibility index (Phi) is 8.92. The van der Waals surface area contributed by atoms with E-state index in [0.29, 0.717) is 6.61 Å². The van der Waals surface area contributed by atoms with Crippen molar-refractivity contribution in [3.05, 3.63) is 0 Å². The molecule has 1 heterocycles. The fourth-order valence-corrected chi connectivity index (χ4v) is 2.40. The molecule has 0 aliphatic carbocycles. The minimum absolute atomic E-state index is 0.0287. The van der Waals surface area contributed by atoms with Crippen molar-refractivity contribution in [3.8, 4) is 0 Å². The van der Waals surface area contributed by atoms with E-state index >= 15 is 0 Å². The summed E-state index contributed by atoms with van der Waals surface area (Å²) in [6, 6.07) is -0.0287. The largest absolute Gasteiger partial charge is 0.465 e. The summed E-state index contributed by atoms with van der Waals surface area (Å²) in [7, 11) is 0. The van der Waals surface area contributed by atoms with Gasteiger partial charge in [0, 0.05) is 0 Å². The van der Waals surface area contributed by atoms with Gasteiger partial charge >= 0.3 is 5.97 Å². The normalized spacial score (nSPS) is 19.1. The van der Waals surface area contributed by atoms with Crippen molar-refractivity contribution in [2.24, 2.45) is 0 Å². The van der Waals surface area contributed by atoms with E-state index in [2.05, 4.69) is 12.2 Å². The second kappa shape index (κ2) is 10.4. The zero-order chi connectivity index (χ0) is 13.1. The Morgan fingerprint density at radius 2 is 1.78 bits per heavy atom. The van der Waals surface area contributed by atoms with Crippen LogP contribution in [0.2, 0.25) is 0 Å². The molecule has 0 bridgehead atoms. The Hall–Kier alpha value is -0.570. The highest BCUT2D eigenvalue weighted by Gasteiger charge is 2.22. The number of ether oxygens (including phenoxy) is 1. The minimum atomic E-state index is -0.0459. The van der Waals surface area contributed by atoms with Gasteiger partial charge in [0.25, 0.3) is 0 Å². The van der Waals surface area contributed by atoms with Crippen molar-refractivity contribution < 1.29 is 9.53 Å². The summed E-state index contributed by atoms with van der Waals surface area (Å²) in [6.45, 7) is 3.80. The molecule has 1 aliphatic heterocycles. The molecule has 3 nitrogen and oxygen atoms in total. The smallest absolute Gasteiger partial charge is 0.323 e. The zero-order valence-corrected chi connectivity index (χ0v) is 11.9. The molecular weight excluding hydrogens is 226 g/mol. The van der Waals surface area contributed by atoms with E-state index in [1.165, 1.54) is 44.9 Å². The number of rotatable bonds is 10. The molecule has 3 heteroatoms. The van der Waals surface area contributed by atoms with Crippen molar-refractivity contribution in [1.29, 1.82) is 0 Å². The maximum Gasteiger partial charge on any atom is 0.323 e. The zero-order valence-electron chi connectivity index (χ0n) is 11.9. The van der Waals surface area contributed by atoms with Crippen LogP contribution in [0.5, 0.6) is 0 Å². The van der Waals surface area contributed by atoms with Crippen LogP contribution in [0.1, 0.15) is 71.1 Å². The van der Waals surface area contributed by atoms with E-state index in [1.54, 1.807) is 0 Å². The Morgan fingerprint density at radius 1 is 1.11 bits per heavy atom. The lowest BCUT2D eigenvalue weighted by Gasteiger charge is -2.10. The average Bonchev–Trinajstić information content (AvgIpc) is 2.90. The van der Waals surface area contributed by atoms with Crippen LogP contribution < -0.4 is 5.32 Å². The second-order valence-corrected chi connectivity index (χ2v) is 5.29. The van der Waals surface area contributed by atoms with Crippen LogP contribution in [0, 0.1) is 0 Å². The number of esters is 1. The first-order chi connectivity index (χ1) is 8.84. The molecule has 0 aromatic rings. The van der Waals surface area contributed by atoms with Crippen molar-refractivity contribution >= 4 is 5.97 Å². The lowest BCUT2D eigenvalue weighted by Crippen LogP contribution is -2.32. The summed E-state index contributed by atoms with van der Waals surface area (Å²) in [5.41, 5.74) is 0. The number of nitrogens with one attached hydrogen (secondary N) is 1. The molecule has 1 rings (SSSR count). The van der Waals surface area contributed by atoms with E-state index in [-0.39, 0.29) is 12.0 Å². The standard InChI is InChI=1S/C15H29NO2/c1-2-3-4-5-6-7-8-9-13-18-15(17)14-11-10-12-16-14/h14,16H,2-13H2,1H3/t14-/m0/s1. The molecule has 0 aromatic heterocycles. The Balaban J connectivity index is 1.82. The Bertz CT molecular complexity index is 213. The molecule has 106 valence electrons. The molecule has 0 amide bonds. The van der Waals surface area contributed by atoms with E-state index in [0.717, 1.165) is 25.8 Å². The van der Waals surface area contributed by atoms with Crippen molar-refractivity contribution in [1.82, 2.24) is 5.32 Å². The van der Waals surface area contributed by atoms with Crippen LogP contribution in [0.4, 0.5) is 0 Å². The SMILES string of the molecule is CCCCCCCCCCOC(=O)[C@@H]1CCCN1. The number of carbonyl (C=O) groups excluding carboxylic acids is 1. The Morgan fingerprint density at radius 3 is 2.39 bits per heavy atom. The highest BCUT2D eigenvalue weighted by molar-refractivity contribution is 5.76. The van der Waals surface area contributed by atoms with Gasteiger partial charge in [0.15, 0.2) is 0 Å². The predicted molar refractivity (Wildman–Crippen MR) is 74.6 cm³/mol. The van der Waals surface area contributed by atoms with Gasteiger partial charge in [0.05, 0.1) is 6.61 Å². The van der Waals surface area contributed by atoms with Crippen LogP contribution in [0.3, 0.4) is 0 Å². The van der Waals surface area contributed by atoms with Gasteiger partial charge in [0.1, 0.15) is 6.04 Å². The van der Waals surface area contributed by atoms with Gasteiger partial charge in [-0.2, -0.15) is 0 Å². The lowest BCUT2D eigenvalue weighted by molar-refractivity contribution is -0.145. The first-order valence-electron chi connectivity index (χ1n) is 7.74. The molecule has 1 aliphatic rings. The summed E-state index contributed by atoms with van der Waals surface area (Å²) in [5, 5.41) is 3.16. The monoisotopic (exact) mass is 255 g/mol. The van der Waals surface area contributed by atoms with Gasteiger partial charge in [-0.15, -0.1) is 0 Å². The topological polar surface area (TPSA) is 38.3 Å². The quantitative estimate of drug-likeness (QED) is 0.480. The summed E-state index contributed by atoms with van der Waals surface area (Å²) in [6.07, 6.45) is 12.3. The summed E-state index contributed by atoms with van der Waals surface area (Å²) < 4.78 is 5.27. The molecule has 1 fully saturated rings. The molecule has 1 atom stereocenters. The first kappa shape index (κ1) is 15.5. The number of hydrogen-bond acceptors (Lipinski definition) is 3. The van der Waals surface area contributed by atoms with Gasteiger partial charge in [-0.3, -0.25) is 4.79 Å². The summed E-state index contributed by atoms with van der Waals surface area (Å²) >= 11 is 0. The third kappa shape index (κ3) is 7.00. The molecule has 1 N–H and O–H groups in total. The number of hydrogen-bond donors (Lipinski definition) is 1. The van der Waals surface area contributed by atoms with Gasteiger partial charge < -0.3 is 10.1 Å². The van der Waals surface area contributed by atoms with Gasteiger partial charge in [-0.05, 0) is 25.8 Å². The number of unbranched alkanes of at least 4 members (excludes halogenated alkanes) is 7. The summed E-state index contributed by atoms with van der Waals surface area (Å²) in [5.74, 6) is -0.0459. The third-order valence-corrected chi connectivity index (χ3v) is 3.59. The molecule has 1 saturated heterocycles. The molecule has 0 saturated carbocycles. The van der Waals surface area contributed by atoms with Crippen LogP contribution in [0.15, 0.2) is 0 Å². The lowest BCUT2D eigenvalue weighted by atomic mass is 10.1. The van der Waals surface area contributed by atoms with Crippen LogP contribution in [0.25, 0.3) is 0 Å². The third-order valence-electron chi connectivity index (χ3n) is 3.59. The highest BCUT2D eigenvalue weighted by atomic mass is 16.5. The van der Waals surface area contributed by atoms with Gasteiger partial charge in [-0.25, -0.2) is 0 Å². The first-order valence-corrected chi connectivity index (χ1v) is 7.74. The number of carbonyl (C=O) groups is 1. The van der Waals surface area contributed by atoms with Crippen molar-refractivity contribution in [2.45, 2.75) is 77.2 Å². The van der Waals surface area contributed by atoms with E-state index < -0.39 is 0 Å². The molecule has 0 radical (unpaired) electrons. The van der Waals surface area contributed by atoms with Gasteiger partial charge in [-0.1, -0.05) is 51.9 Å². The molecule has 0 aromatic carbocycles. The maximum atomic E-state index is 11.6. The van der Waals surface area contributed by atoms with Crippen LogP contribution >= 0.6 is 0 Å². The molecule has 0 spiro atoms. The fraction of sp³-hybridized carbons (Fsp3) is 0.933. The summed E-state index contributed by atoms with van der Waals surface area (Å²) in [4.78, 5) is 11.6. The molecular formula is C15H29NO2. The van der Waals surface area contributed by atoms with Crippen molar-refractivity contribution in [2.75, 3.05) is 13.2 Å². The van der Waals surface area contributed by atoms with E-state index in [1.807, 2.05) is 0 Å². The molecule has 0 unspecified atom stereocenters. The minimum Gasteiger partial charge on any atom is -0.465 e. The second-order valence-electron chi connectivity index (χ2n) is 5.29. The van der Waals surface area contributed by atoms with Crippen LogP contribution in [-0.2, 0) is 9.53 Å². The van der Waals surface area contributed by atoms with Gasteiger partial charge in [0.2, 0.25) is 0 Å². The Labute approximate surface area is 112 Å². The van der Waals surface area contributed by atoms with Crippen LogP contribution in [-0.4, -0.2) is 25.2 Å². The van der Waals surface area contributed by atoms with Crippen molar-refractivity contribution in [3.63, 3.8) is 0 Å². The average molecular weight is 255 g/mol. The predicted octanol–water partition coefficient (Wildman–Crippen LogP) is 3.42. The maximum absolute atomic E-state index is 11.6. The molecule has 18 heavy (non-hydrogen) atoms. The fourth-order valence-electron chi connectivity index (χ4n) is 2.40.